The molecular formula is C24H34Na4O9S2. The molecule has 0 radical (unpaired) electrons. The van der Waals surface area contributed by atoms with Crippen molar-refractivity contribution in [2.24, 2.45) is 0 Å². The maximum Gasteiger partial charge on any atom is 1.00 e. The summed E-state index contributed by atoms with van der Waals surface area (Å²) in [6.07, 6.45) is 14.9. The molecule has 39 heavy (non-hydrogen) atoms. The molecule has 0 atom stereocenters. The second-order valence-electron chi connectivity index (χ2n) is 7.77. The molecule has 2 rings (SSSR count). The van der Waals surface area contributed by atoms with E-state index in [1.54, 1.807) is 0 Å². The Morgan fingerprint density at radius 1 is 0.564 bits per heavy atom. The van der Waals surface area contributed by atoms with Crippen LogP contribution in [0.15, 0.2) is 54.6 Å². The third-order valence-electron chi connectivity index (χ3n) is 4.74. The molecule has 0 aliphatic heterocycles. The molecule has 0 aliphatic rings. The van der Waals surface area contributed by atoms with Crippen LogP contribution in [0.1, 0.15) is 76.7 Å². The minimum absolute atomic E-state index is 0. The summed E-state index contributed by atoms with van der Waals surface area (Å²) in [5.74, 6) is 1.92. The van der Waals surface area contributed by atoms with E-state index in [0.29, 0.717) is 0 Å². The topological polar surface area (TPSA) is 170 Å². The second kappa shape index (κ2) is 31.4. The van der Waals surface area contributed by atoms with Gasteiger partial charge in [0.1, 0.15) is 11.5 Å². The summed E-state index contributed by atoms with van der Waals surface area (Å²) in [5, 5.41) is 0. The van der Waals surface area contributed by atoms with Crippen LogP contribution in [0.5, 0.6) is 11.5 Å². The summed E-state index contributed by atoms with van der Waals surface area (Å²) in [5.41, 5.74) is 1.32. The van der Waals surface area contributed by atoms with E-state index in [4.69, 9.17) is 39.8 Å². The van der Waals surface area contributed by atoms with Crippen LogP contribution in [0, 0.1) is 0 Å². The average Bonchev–Trinajstić information content (AvgIpc) is 2.74. The summed E-state index contributed by atoms with van der Waals surface area (Å²) >= 11 is 0. The van der Waals surface area contributed by atoms with Crippen LogP contribution in [0.3, 0.4) is 0 Å². The van der Waals surface area contributed by atoms with Gasteiger partial charge in [-0.15, -0.1) is 0 Å². The van der Waals surface area contributed by atoms with Gasteiger partial charge in [-0.2, -0.15) is 0 Å². The van der Waals surface area contributed by atoms with E-state index in [9.17, 15) is 0 Å². The zero-order chi connectivity index (χ0) is 26.6. The van der Waals surface area contributed by atoms with Gasteiger partial charge in [-0.1, -0.05) is 101 Å². The monoisotopic (exact) mass is 622 g/mol. The van der Waals surface area contributed by atoms with Gasteiger partial charge in [-0.3, -0.25) is 16.8 Å². The van der Waals surface area contributed by atoms with E-state index in [1.165, 1.54) is 69.8 Å². The third-order valence-corrected chi connectivity index (χ3v) is 4.74. The van der Waals surface area contributed by atoms with Crippen molar-refractivity contribution >= 4 is 20.8 Å². The van der Waals surface area contributed by atoms with E-state index in [0.717, 1.165) is 17.9 Å². The predicted molar refractivity (Wildman–Crippen MR) is 129 cm³/mol. The molecule has 0 N–H and O–H groups in total. The minimum atomic E-state index is -5.17. The molecule has 0 heterocycles. The number of hydrogen-bond acceptors (Lipinski definition) is 9. The van der Waals surface area contributed by atoms with Crippen molar-refractivity contribution in [1.82, 2.24) is 0 Å². The summed E-state index contributed by atoms with van der Waals surface area (Å²) < 4.78 is 74.2. The maximum atomic E-state index is 8.52. The van der Waals surface area contributed by atoms with Crippen molar-refractivity contribution in [3.05, 3.63) is 60.2 Å². The van der Waals surface area contributed by atoms with Crippen LogP contribution in [0.25, 0.3) is 0 Å². The zero-order valence-corrected chi connectivity index (χ0v) is 33.6. The summed E-state index contributed by atoms with van der Waals surface area (Å²) in [7, 11) is -10.3. The SMILES string of the molecule is CCCCCCCCCCCCc1ccccc1Oc1ccccc1.O=S(=O)([O-])[O-].O=S(=O)([O-])[O-].[Na+].[Na+].[Na+].[Na+]. The van der Waals surface area contributed by atoms with Gasteiger partial charge in [0.15, 0.2) is 0 Å². The Morgan fingerprint density at radius 3 is 1.36 bits per heavy atom. The van der Waals surface area contributed by atoms with Crippen molar-refractivity contribution in [2.45, 2.75) is 77.6 Å². The Kier molecular flexibility index (Phi) is 40.7. The molecular weight excluding hydrogens is 588 g/mol. The molecule has 2 aromatic rings. The molecule has 200 valence electrons. The van der Waals surface area contributed by atoms with Crippen molar-refractivity contribution in [1.29, 1.82) is 0 Å². The fraction of sp³-hybridized carbons (Fsp3) is 0.500. The van der Waals surface area contributed by atoms with Gasteiger partial charge >= 0.3 is 118 Å². The van der Waals surface area contributed by atoms with E-state index in [-0.39, 0.29) is 118 Å². The van der Waals surface area contributed by atoms with Crippen LogP contribution >= 0.6 is 0 Å². The number of para-hydroxylation sites is 2. The van der Waals surface area contributed by atoms with Gasteiger partial charge in [-0.05, 0) is 36.6 Å². The second-order valence-corrected chi connectivity index (χ2v) is 9.40. The minimum Gasteiger partial charge on any atom is -0.759 e. The number of unbranched alkanes of at least 4 members (excludes halogenated alkanes) is 9. The van der Waals surface area contributed by atoms with Gasteiger partial charge in [0, 0.05) is 20.8 Å². The quantitative estimate of drug-likeness (QED) is 0.0912. The Balaban J connectivity index is -0.000000237. The van der Waals surface area contributed by atoms with Crippen molar-refractivity contribution in [3.63, 3.8) is 0 Å². The molecule has 0 fully saturated rings. The number of hydrogen-bond donors (Lipinski definition) is 0. The number of benzene rings is 2. The first-order chi connectivity index (χ1) is 16.4. The Hall–Kier alpha value is 1.98. The molecule has 0 spiro atoms. The first-order valence-electron chi connectivity index (χ1n) is 11.5. The van der Waals surface area contributed by atoms with Crippen molar-refractivity contribution < 1.29 is 158 Å². The molecule has 0 bridgehead atoms. The summed E-state index contributed by atoms with van der Waals surface area (Å²) in [6.45, 7) is 2.28. The molecule has 0 amide bonds. The average molecular weight is 623 g/mol. The molecule has 0 aliphatic carbocycles. The number of aryl methyl sites for hydroxylation is 1. The molecule has 2 aromatic carbocycles. The standard InChI is InChI=1S/C24H34O.4Na.2H2O4S/c1-2-3-4-5-6-7-8-9-10-12-17-22-18-15-16-21-24(22)25-23-19-13-11-14-20-23;;;;;2*1-5(2,3)4/h11,13-16,18-21H,2-10,12,17H2,1H3;;;;;2*(H2,1,2,3,4)/q;4*+1;;/p-4. The van der Waals surface area contributed by atoms with E-state index < -0.39 is 20.8 Å². The normalized spacial score (nSPS) is 9.87. The zero-order valence-electron chi connectivity index (χ0n) is 24.0. The van der Waals surface area contributed by atoms with E-state index in [2.05, 4.69) is 31.2 Å². The summed E-state index contributed by atoms with van der Waals surface area (Å²) in [6, 6.07) is 18.5. The van der Waals surface area contributed by atoms with Gasteiger partial charge < -0.3 is 22.9 Å². The largest absolute Gasteiger partial charge is 1.00 e. The van der Waals surface area contributed by atoms with Crippen molar-refractivity contribution in [3.8, 4) is 11.5 Å². The molecule has 0 saturated heterocycles. The van der Waals surface area contributed by atoms with Crippen LogP contribution in [-0.2, 0) is 27.2 Å². The predicted octanol–water partition coefficient (Wildman–Crippen LogP) is -6.72. The van der Waals surface area contributed by atoms with Crippen LogP contribution < -0.4 is 123 Å². The Bertz CT molecular complexity index is 965. The van der Waals surface area contributed by atoms with E-state index in [1.807, 2.05) is 30.3 Å². The van der Waals surface area contributed by atoms with Crippen LogP contribution in [0.2, 0.25) is 0 Å². The fourth-order valence-electron chi connectivity index (χ4n) is 3.23. The van der Waals surface area contributed by atoms with Crippen molar-refractivity contribution in [2.75, 3.05) is 0 Å². The first-order valence-corrected chi connectivity index (χ1v) is 14.2. The van der Waals surface area contributed by atoms with Gasteiger partial charge in [0.2, 0.25) is 0 Å². The third kappa shape index (κ3) is 42.2. The molecule has 0 saturated carbocycles. The van der Waals surface area contributed by atoms with Gasteiger partial charge in [0.25, 0.3) is 0 Å². The Labute approximate surface area is 323 Å². The molecule has 0 unspecified atom stereocenters. The summed E-state index contributed by atoms with van der Waals surface area (Å²) in [4.78, 5) is 0. The maximum absolute atomic E-state index is 8.52. The van der Waals surface area contributed by atoms with E-state index >= 15 is 0 Å². The first kappa shape index (κ1) is 50.6. The Morgan fingerprint density at radius 2 is 0.923 bits per heavy atom. The van der Waals surface area contributed by atoms with Gasteiger partial charge in [0.05, 0.1) is 0 Å². The number of rotatable bonds is 13. The van der Waals surface area contributed by atoms with Crippen LogP contribution in [0.4, 0.5) is 0 Å². The number of ether oxygens (including phenoxy) is 1. The fourth-order valence-corrected chi connectivity index (χ4v) is 3.23. The van der Waals surface area contributed by atoms with Crippen LogP contribution in [-0.4, -0.2) is 35.0 Å². The molecule has 9 nitrogen and oxygen atoms in total. The molecule has 15 heteroatoms. The molecule has 0 aromatic heterocycles. The smallest absolute Gasteiger partial charge is 0.759 e. The van der Waals surface area contributed by atoms with Gasteiger partial charge in [-0.25, -0.2) is 0 Å².